The zero-order valence-corrected chi connectivity index (χ0v) is 30.3. The highest BCUT2D eigenvalue weighted by atomic mass is 32.2. The normalized spacial score (nSPS) is 30.8. The van der Waals surface area contributed by atoms with Crippen LogP contribution in [0.4, 0.5) is 0 Å². The van der Waals surface area contributed by atoms with E-state index >= 15 is 4.79 Å². The fourth-order valence-corrected chi connectivity index (χ4v) is 11.6. The van der Waals surface area contributed by atoms with Gasteiger partial charge in [-0.3, -0.25) is 10.2 Å². The van der Waals surface area contributed by atoms with Gasteiger partial charge in [0, 0.05) is 41.1 Å². The number of phenolic OH excluding ortho intramolecular Hbond substituents is 3. The number of phenols is 3. The minimum Gasteiger partial charge on any atom is -0.507 e. The van der Waals surface area contributed by atoms with Gasteiger partial charge in [0.15, 0.2) is 40.0 Å². The van der Waals surface area contributed by atoms with E-state index in [1.807, 2.05) is 19.9 Å². The maximum Gasteiger partial charge on any atom is 0.333 e. The van der Waals surface area contributed by atoms with Gasteiger partial charge >= 0.3 is 5.97 Å². The Balaban J connectivity index is 1.32. The third-order valence-corrected chi connectivity index (χ3v) is 13.6. The number of fused-ring (bicyclic) bond motifs is 13. The van der Waals surface area contributed by atoms with Crippen LogP contribution in [-0.2, 0) is 32.8 Å². The molecule has 6 heterocycles. The first-order valence-electron chi connectivity index (χ1n) is 17.6. The number of nitriles is 1. The summed E-state index contributed by atoms with van der Waals surface area (Å²) in [6.45, 7) is 6.06. The molecule has 0 saturated carbocycles. The Morgan fingerprint density at radius 3 is 2.58 bits per heavy atom. The van der Waals surface area contributed by atoms with Gasteiger partial charge in [0.1, 0.15) is 11.8 Å². The summed E-state index contributed by atoms with van der Waals surface area (Å²) in [6.07, 6.45) is 1.59. The lowest BCUT2D eigenvalue weighted by Gasteiger charge is -2.63. The molecule has 52 heavy (non-hydrogen) atoms. The third-order valence-electron chi connectivity index (χ3n) is 12.0. The minimum absolute atomic E-state index is 0.0118. The Hall–Kier alpha value is -4.55. The number of esters is 1. The molecule has 6 aliphatic rings. The van der Waals surface area contributed by atoms with Crippen LogP contribution in [0, 0.1) is 25.2 Å². The molecule has 0 aromatic heterocycles. The lowest BCUT2D eigenvalue weighted by atomic mass is 9.70. The van der Waals surface area contributed by atoms with Gasteiger partial charge in [0.2, 0.25) is 11.7 Å². The standard InChI is InChI=1S/C38H40N4O9S/c1-6-22-27-28(30(44)17(3)33-34(27)50-15-49-33)38(51-36(46)37(14-52-38)20-12-25(47-4)24(43)11-18(20)7-8-40-37)35-29-26-19(9-16(2)32(48-5)31(26)45)10-21(41-29)23(13-39)42(22)35/h9,11-12,21-23,29,35,40-41,43-45H,6-8,10,14-15H2,1-5H3/t21?,22-,23-,29?,35+,37+,38+/m0/s1. The van der Waals surface area contributed by atoms with Crippen molar-refractivity contribution in [2.45, 2.75) is 80.7 Å². The van der Waals surface area contributed by atoms with E-state index in [1.165, 1.54) is 26.0 Å². The number of nitrogens with one attached hydrogen (secondary N) is 2. The monoisotopic (exact) mass is 728 g/mol. The second-order valence-corrected chi connectivity index (χ2v) is 15.6. The summed E-state index contributed by atoms with van der Waals surface area (Å²) < 4.78 is 30.2. The van der Waals surface area contributed by atoms with Crippen LogP contribution in [0.5, 0.6) is 40.2 Å². The van der Waals surface area contributed by atoms with Gasteiger partial charge in [-0.15, -0.1) is 11.8 Å². The van der Waals surface area contributed by atoms with Crippen molar-refractivity contribution in [2.75, 3.05) is 33.3 Å². The molecule has 2 fully saturated rings. The molecule has 2 bridgehead atoms. The van der Waals surface area contributed by atoms with Crippen LogP contribution in [0.25, 0.3) is 0 Å². The van der Waals surface area contributed by atoms with Crippen molar-refractivity contribution in [1.82, 2.24) is 15.5 Å². The van der Waals surface area contributed by atoms with Gasteiger partial charge < -0.3 is 44.3 Å². The summed E-state index contributed by atoms with van der Waals surface area (Å²) in [5.41, 5.74) is 3.86. The first-order chi connectivity index (χ1) is 25.0. The summed E-state index contributed by atoms with van der Waals surface area (Å²) in [4.78, 5) is 15.6. The maximum atomic E-state index is 15.1. The molecular weight excluding hydrogens is 689 g/mol. The number of rotatable bonds is 3. The molecule has 3 aromatic carbocycles. The molecule has 13 nitrogen and oxygen atoms in total. The number of thioether (sulfide) groups is 1. The summed E-state index contributed by atoms with van der Waals surface area (Å²) in [7, 11) is 2.98. The SMILES string of the molecule is CC[C@H]1c2c3c(c(C)c(O)c2[C@]2(OC(=O)[C@]4(CS2)NCCc2cc(O)c(OC)cc24)[C@H]2C4NC(Cc5cc(C)c(OC)c(O)c54)[C@H](C#N)N12)OCO3. The highest BCUT2D eigenvalue weighted by Crippen LogP contribution is 2.67. The average molecular weight is 729 g/mol. The molecular formula is C38H40N4O9S. The summed E-state index contributed by atoms with van der Waals surface area (Å²) in [5, 5.41) is 53.0. The van der Waals surface area contributed by atoms with Crippen LogP contribution in [0.15, 0.2) is 18.2 Å². The molecule has 9 rings (SSSR count). The van der Waals surface area contributed by atoms with Gasteiger partial charge in [0.05, 0.1) is 37.9 Å². The molecule has 0 radical (unpaired) electrons. The van der Waals surface area contributed by atoms with E-state index < -0.39 is 40.6 Å². The summed E-state index contributed by atoms with van der Waals surface area (Å²) in [6, 6.07) is 5.00. The van der Waals surface area contributed by atoms with E-state index in [9.17, 15) is 20.6 Å². The van der Waals surface area contributed by atoms with Gasteiger partial charge in [-0.1, -0.05) is 13.0 Å². The number of aryl methyl sites for hydroxylation is 1. The van der Waals surface area contributed by atoms with Crippen molar-refractivity contribution in [3.05, 3.63) is 62.7 Å². The molecule has 272 valence electrons. The lowest BCUT2D eigenvalue weighted by molar-refractivity contribution is -0.177. The lowest BCUT2D eigenvalue weighted by Crippen LogP contribution is -2.74. The molecule has 0 amide bonds. The van der Waals surface area contributed by atoms with E-state index in [4.69, 9.17) is 23.7 Å². The first-order valence-corrected chi connectivity index (χ1v) is 18.5. The molecule has 5 N–H and O–H groups in total. The fraction of sp³-hybridized carbons (Fsp3) is 0.474. The Bertz CT molecular complexity index is 2120. The smallest absolute Gasteiger partial charge is 0.333 e. The van der Waals surface area contributed by atoms with Gasteiger partial charge in [-0.25, -0.2) is 4.79 Å². The predicted molar refractivity (Wildman–Crippen MR) is 188 cm³/mol. The van der Waals surface area contributed by atoms with Crippen LogP contribution in [-0.4, -0.2) is 77.6 Å². The van der Waals surface area contributed by atoms with Crippen molar-refractivity contribution < 1.29 is 43.8 Å². The largest absolute Gasteiger partial charge is 0.507 e. The number of carbonyl (C=O) groups excluding carboxylic acids is 1. The average Bonchev–Trinajstić information content (AvgIpc) is 3.62. The van der Waals surface area contributed by atoms with Gasteiger partial charge in [-0.2, -0.15) is 5.26 Å². The molecule has 7 atom stereocenters. The molecule has 2 unspecified atom stereocenters. The van der Waals surface area contributed by atoms with Gasteiger partial charge in [0.25, 0.3) is 0 Å². The molecule has 14 heteroatoms. The molecule has 2 spiro atoms. The molecule has 6 aliphatic heterocycles. The number of benzene rings is 3. The topological polar surface area (TPSA) is 175 Å². The van der Waals surface area contributed by atoms with E-state index in [-0.39, 0.29) is 41.6 Å². The Labute approximate surface area is 304 Å². The Morgan fingerprint density at radius 1 is 1.08 bits per heavy atom. The fourth-order valence-electron chi connectivity index (χ4n) is 9.88. The first kappa shape index (κ1) is 33.3. The number of hydrogen-bond acceptors (Lipinski definition) is 14. The predicted octanol–water partition coefficient (Wildman–Crippen LogP) is 3.95. The van der Waals surface area contributed by atoms with Crippen molar-refractivity contribution in [1.29, 1.82) is 5.26 Å². The van der Waals surface area contributed by atoms with Gasteiger partial charge in [-0.05, 0) is 67.5 Å². The highest BCUT2D eigenvalue weighted by molar-refractivity contribution is 8.00. The summed E-state index contributed by atoms with van der Waals surface area (Å²) in [5.74, 6) is 0.965. The van der Waals surface area contributed by atoms with Crippen LogP contribution in [0.2, 0.25) is 0 Å². The zero-order valence-electron chi connectivity index (χ0n) is 29.5. The third kappa shape index (κ3) is 4.07. The van der Waals surface area contributed by atoms with E-state index in [2.05, 4.69) is 21.6 Å². The van der Waals surface area contributed by atoms with Crippen LogP contribution in [0.3, 0.4) is 0 Å². The minimum atomic E-state index is -1.61. The second-order valence-electron chi connectivity index (χ2n) is 14.4. The van der Waals surface area contributed by atoms with Crippen LogP contribution >= 0.6 is 11.8 Å². The second kappa shape index (κ2) is 11.5. The molecule has 0 aliphatic carbocycles. The van der Waals surface area contributed by atoms with E-state index in [0.29, 0.717) is 70.9 Å². The quantitative estimate of drug-likeness (QED) is 0.245. The number of ether oxygens (including phenoxy) is 5. The van der Waals surface area contributed by atoms with Crippen molar-refractivity contribution in [3.63, 3.8) is 0 Å². The number of methoxy groups -OCH3 is 2. The number of carbonyl (C=O) groups is 1. The number of piperazine rings is 1. The zero-order chi connectivity index (χ0) is 36.4. The molecule has 3 aromatic rings. The van der Waals surface area contributed by atoms with Crippen molar-refractivity contribution >= 4 is 17.7 Å². The van der Waals surface area contributed by atoms with Crippen LogP contribution < -0.4 is 29.6 Å². The molecule has 2 saturated heterocycles. The maximum absolute atomic E-state index is 15.1. The summed E-state index contributed by atoms with van der Waals surface area (Å²) >= 11 is 1.37. The van der Waals surface area contributed by atoms with Crippen molar-refractivity contribution in [2.24, 2.45) is 0 Å². The highest BCUT2D eigenvalue weighted by Gasteiger charge is 2.69. The number of hydrogen-bond donors (Lipinski definition) is 5. The van der Waals surface area contributed by atoms with E-state index in [0.717, 1.165) is 16.7 Å². The van der Waals surface area contributed by atoms with E-state index in [1.54, 1.807) is 19.1 Å². The number of aromatic hydroxyl groups is 3. The van der Waals surface area contributed by atoms with Crippen LogP contribution in [0.1, 0.15) is 69.9 Å². The Morgan fingerprint density at radius 2 is 1.87 bits per heavy atom. The Kier molecular flexibility index (Phi) is 7.35. The number of nitrogens with zero attached hydrogens (tertiary/aromatic N) is 2. The van der Waals surface area contributed by atoms with Crippen molar-refractivity contribution in [3.8, 4) is 46.3 Å².